The second-order valence-electron chi connectivity index (χ2n) is 13.1. The predicted molar refractivity (Wildman–Crippen MR) is 217 cm³/mol. The Morgan fingerprint density at radius 3 is 0.807 bits per heavy atom. The number of ether oxygens (including phenoxy) is 12. The van der Waals surface area contributed by atoms with Crippen LogP contribution < -0.4 is 56.8 Å². The SMILES string of the molecule is COc1cc2c(OC)cc1Cc1cc(OC)c(cc1OC)Cc1c(OC)cc(OC)c(c1OC)-c1cc(OC)c(cc1OC)-c1c(OC)cc(OC)c(c1OC)C2. The highest BCUT2D eigenvalue weighted by Gasteiger charge is 2.31. The molecule has 0 fully saturated rings. The van der Waals surface area contributed by atoms with Crippen molar-refractivity contribution in [3.63, 3.8) is 0 Å². The Hall–Kier alpha value is -6.30. The Balaban J connectivity index is 1.81. The maximum atomic E-state index is 6.27. The van der Waals surface area contributed by atoms with Gasteiger partial charge >= 0.3 is 0 Å². The van der Waals surface area contributed by atoms with E-state index in [1.165, 1.54) is 0 Å². The predicted octanol–water partition coefficient (Wildman–Crippen LogP) is 8.21. The first-order valence-electron chi connectivity index (χ1n) is 18.1. The molecule has 0 saturated heterocycles. The van der Waals surface area contributed by atoms with Crippen LogP contribution in [0.15, 0.2) is 48.5 Å². The lowest BCUT2D eigenvalue weighted by atomic mass is 9.90. The van der Waals surface area contributed by atoms with Crippen molar-refractivity contribution in [2.24, 2.45) is 0 Å². The molecule has 6 aliphatic carbocycles. The van der Waals surface area contributed by atoms with Crippen LogP contribution in [0, 0.1) is 0 Å². The summed E-state index contributed by atoms with van der Waals surface area (Å²) in [6.45, 7) is 0. The quantitative estimate of drug-likeness (QED) is 0.119. The average molecular weight is 783 g/mol. The van der Waals surface area contributed by atoms with Gasteiger partial charge in [-0.3, -0.25) is 0 Å². The molecule has 12 heteroatoms. The summed E-state index contributed by atoms with van der Waals surface area (Å²) in [5.74, 6) is 6.73. The van der Waals surface area contributed by atoms with Gasteiger partial charge < -0.3 is 56.8 Å². The molecular formula is C45H50O12. The van der Waals surface area contributed by atoms with Crippen LogP contribution in [0.1, 0.15) is 33.4 Å². The molecule has 0 amide bonds. The van der Waals surface area contributed by atoms with Gasteiger partial charge in [0.25, 0.3) is 0 Å². The van der Waals surface area contributed by atoms with Gasteiger partial charge in [0, 0.05) is 75.9 Å². The van der Waals surface area contributed by atoms with E-state index in [0.717, 1.165) is 33.4 Å². The zero-order chi connectivity index (χ0) is 41.0. The van der Waals surface area contributed by atoms with Crippen molar-refractivity contribution >= 4 is 0 Å². The van der Waals surface area contributed by atoms with Gasteiger partial charge in [-0.1, -0.05) is 0 Å². The highest BCUT2D eigenvalue weighted by Crippen LogP contribution is 2.55. The van der Waals surface area contributed by atoms with Crippen LogP contribution in [0.25, 0.3) is 22.3 Å². The fourth-order valence-corrected chi connectivity index (χ4v) is 7.76. The monoisotopic (exact) mass is 782 g/mol. The normalized spacial score (nSPS) is 11.6. The van der Waals surface area contributed by atoms with Crippen LogP contribution in [0.5, 0.6) is 69.0 Å². The van der Waals surface area contributed by atoms with Gasteiger partial charge in [-0.2, -0.15) is 0 Å². The molecule has 11 rings (SSSR count). The van der Waals surface area contributed by atoms with Crippen molar-refractivity contribution < 1.29 is 56.8 Å². The second-order valence-corrected chi connectivity index (χ2v) is 13.1. The van der Waals surface area contributed by atoms with Crippen LogP contribution >= 0.6 is 0 Å². The number of benzene rings is 5. The van der Waals surface area contributed by atoms with Crippen LogP contribution in [0.3, 0.4) is 0 Å². The second kappa shape index (κ2) is 17.2. The summed E-state index contributed by atoms with van der Waals surface area (Å²) < 4.78 is 73.0. The molecule has 0 heterocycles. The first-order chi connectivity index (χ1) is 27.7. The Labute approximate surface area is 333 Å². The highest BCUT2D eigenvalue weighted by atomic mass is 16.5. The molecule has 0 N–H and O–H groups in total. The van der Waals surface area contributed by atoms with Crippen molar-refractivity contribution in [1.82, 2.24) is 0 Å². The number of methoxy groups -OCH3 is 12. The molecule has 0 atom stereocenters. The fourth-order valence-electron chi connectivity index (χ4n) is 7.76. The molecule has 302 valence electrons. The molecule has 6 aliphatic rings. The van der Waals surface area contributed by atoms with Crippen LogP contribution in [-0.4, -0.2) is 85.3 Å². The van der Waals surface area contributed by atoms with Gasteiger partial charge in [-0.25, -0.2) is 0 Å². The molecule has 57 heavy (non-hydrogen) atoms. The van der Waals surface area contributed by atoms with Crippen LogP contribution in [0.4, 0.5) is 0 Å². The average Bonchev–Trinajstić information content (AvgIpc) is 3.25. The van der Waals surface area contributed by atoms with E-state index in [4.69, 9.17) is 56.8 Å². The van der Waals surface area contributed by atoms with Gasteiger partial charge in [-0.05, 0) is 36.4 Å². The van der Waals surface area contributed by atoms with Crippen molar-refractivity contribution in [2.45, 2.75) is 19.3 Å². The summed E-state index contributed by atoms with van der Waals surface area (Å²) in [6, 6.07) is 15.4. The molecule has 5 aromatic carbocycles. The van der Waals surface area contributed by atoms with Crippen molar-refractivity contribution in [2.75, 3.05) is 85.3 Å². The van der Waals surface area contributed by atoms with E-state index in [0.29, 0.717) is 111 Å². The number of hydrogen-bond donors (Lipinski definition) is 0. The largest absolute Gasteiger partial charge is 0.496 e. The van der Waals surface area contributed by atoms with E-state index >= 15 is 0 Å². The van der Waals surface area contributed by atoms with Gasteiger partial charge in [0.2, 0.25) is 0 Å². The summed E-state index contributed by atoms with van der Waals surface area (Å²) in [4.78, 5) is 0. The van der Waals surface area contributed by atoms with Gasteiger partial charge in [0.15, 0.2) is 0 Å². The molecule has 0 aromatic heterocycles. The first-order valence-corrected chi connectivity index (χ1v) is 18.1. The smallest absolute Gasteiger partial charge is 0.137 e. The topological polar surface area (TPSA) is 111 Å². The lowest BCUT2D eigenvalue weighted by Gasteiger charge is -2.24. The molecule has 0 radical (unpaired) electrons. The minimum Gasteiger partial charge on any atom is -0.496 e. The molecule has 12 nitrogen and oxygen atoms in total. The minimum atomic E-state index is 0.343. The fraction of sp³-hybridized carbons (Fsp3) is 0.333. The summed E-state index contributed by atoms with van der Waals surface area (Å²) in [5, 5.41) is 0. The minimum absolute atomic E-state index is 0.343. The van der Waals surface area contributed by atoms with Crippen LogP contribution in [0.2, 0.25) is 0 Å². The summed E-state index contributed by atoms with van der Waals surface area (Å²) >= 11 is 0. The summed E-state index contributed by atoms with van der Waals surface area (Å²) in [7, 11) is 19.5. The maximum absolute atomic E-state index is 6.27. The van der Waals surface area contributed by atoms with Crippen molar-refractivity contribution in [3.8, 4) is 91.2 Å². The van der Waals surface area contributed by atoms with E-state index in [1.807, 2.05) is 48.5 Å². The number of hydrogen-bond acceptors (Lipinski definition) is 12. The van der Waals surface area contributed by atoms with Gasteiger partial charge in [0.05, 0.1) is 96.4 Å². The van der Waals surface area contributed by atoms with Crippen LogP contribution in [-0.2, 0) is 19.3 Å². The molecule has 0 spiro atoms. The van der Waals surface area contributed by atoms with Gasteiger partial charge in [-0.15, -0.1) is 0 Å². The molecule has 0 unspecified atom stereocenters. The zero-order valence-corrected chi connectivity index (χ0v) is 34.6. The lowest BCUT2D eigenvalue weighted by Crippen LogP contribution is -2.06. The number of rotatable bonds is 12. The van der Waals surface area contributed by atoms with E-state index in [1.54, 1.807) is 85.3 Å². The Morgan fingerprint density at radius 2 is 0.544 bits per heavy atom. The molecule has 10 bridgehead atoms. The Morgan fingerprint density at radius 1 is 0.263 bits per heavy atom. The third-order valence-electron chi connectivity index (χ3n) is 10.4. The van der Waals surface area contributed by atoms with Gasteiger partial charge in [0.1, 0.15) is 69.0 Å². The molecule has 0 aliphatic heterocycles. The summed E-state index contributed by atoms with van der Waals surface area (Å²) in [6.07, 6.45) is 1.14. The molecule has 0 saturated carbocycles. The van der Waals surface area contributed by atoms with E-state index in [2.05, 4.69) is 0 Å². The van der Waals surface area contributed by atoms with E-state index in [9.17, 15) is 0 Å². The Bertz CT molecular complexity index is 2120. The third kappa shape index (κ3) is 7.16. The Kier molecular flexibility index (Phi) is 12.2. The third-order valence-corrected chi connectivity index (χ3v) is 10.4. The van der Waals surface area contributed by atoms with Crippen molar-refractivity contribution in [1.29, 1.82) is 0 Å². The molecule has 5 aromatic rings. The molecular weight excluding hydrogens is 732 g/mol. The first kappa shape index (κ1) is 40.4. The van der Waals surface area contributed by atoms with E-state index in [-0.39, 0.29) is 0 Å². The highest BCUT2D eigenvalue weighted by molar-refractivity contribution is 5.91. The van der Waals surface area contributed by atoms with E-state index < -0.39 is 0 Å². The maximum Gasteiger partial charge on any atom is 0.137 e. The standard InChI is InChI=1S/C45H50O12/c1-46-32-18-26-14-30-38(52-7)22-40(54-9)42(44(30)56-11)28-20-37(51-6)29(21-36(28)50-5)43-41(55-10)23-39(53-8)31(45(43)57-12)15-27-19-33(47-2)25(17-35(27)49-4)13-24(32)16-34(26)48-3/h16-23H,13-15H2,1-12H3. The zero-order valence-electron chi connectivity index (χ0n) is 34.6. The van der Waals surface area contributed by atoms with Crippen molar-refractivity contribution in [3.05, 3.63) is 81.9 Å². The lowest BCUT2D eigenvalue weighted by molar-refractivity contribution is 0.368. The summed E-state index contributed by atoms with van der Waals surface area (Å²) in [5.41, 5.74) is 7.46.